The zero-order valence-electron chi connectivity index (χ0n) is 12.7. The third-order valence-corrected chi connectivity index (χ3v) is 3.29. The third kappa shape index (κ3) is 4.45. The molecule has 18 heavy (non-hydrogen) atoms. The first kappa shape index (κ1) is 15.2. The molecule has 0 saturated heterocycles. The summed E-state index contributed by atoms with van der Waals surface area (Å²) in [6.45, 7) is 12.5. The molecule has 1 aromatic rings. The normalized spacial score (nSPS) is 13.6. The second-order valence-corrected chi connectivity index (χ2v) is 6.25. The van der Waals surface area contributed by atoms with Gasteiger partial charge in [-0.15, -0.1) is 0 Å². The standard InChI is InChI=1S/C17H29N/c1-6-9-14-10-8-11-15(13-14)16(17(3,4)5)18-12-7-2/h8,10-11,13,16,18H,6-7,9,12H2,1-5H3. The van der Waals surface area contributed by atoms with Crippen molar-refractivity contribution in [2.24, 2.45) is 5.41 Å². The maximum Gasteiger partial charge on any atom is 0.0369 e. The molecule has 102 valence electrons. The van der Waals surface area contributed by atoms with E-state index in [2.05, 4.69) is 64.2 Å². The van der Waals surface area contributed by atoms with E-state index in [4.69, 9.17) is 0 Å². The molecule has 1 atom stereocenters. The Morgan fingerprint density at radius 1 is 1.11 bits per heavy atom. The first-order valence-corrected chi connectivity index (χ1v) is 7.31. The van der Waals surface area contributed by atoms with E-state index in [9.17, 15) is 0 Å². The number of hydrogen-bond donors (Lipinski definition) is 1. The van der Waals surface area contributed by atoms with E-state index >= 15 is 0 Å². The van der Waals surface area contributed by atoms with Crippen molar-refractivity contribution in [2.45, 2.75) is 59.9 Å². The zero-order chi connectivity index (χ0) is 13.6. The van der Waals surface area contributed by atoms with Crippen LogP contribution in [0.4, 0.5) is 0 Å². The van der Waals surface area contributed by atoms with Crippen LogP contribution in [-0.4, -0.2) is 6.54 Å². The summed E-state index contributed by atoms with van der Waals surface area (Å²) in [5.41, 5.74) is 3.14. The molecule has 0 spiro atoms. The van der Waals surface area contributed by atoms with E-state index < -0.39 is 0 Å². The number of nitrogens with one attached hydrogen (secondary N) is 1. The smallest absolute Gasteiger partial charge is 0.0369 e. The van der Waals surface area contributed by atoms with Crippen molar-refractivity contribution in [3.05, 3.63) is 35.4 Å². The minimum Gasteiger partial charge on any atom is -0.309 e. The van der Waals surface area contributed by atoms with E-state index in [0.717, 1.165) is 6.54 Å². The van der Waals surface area contributed by atoms with Gasteiger partial charge in [0.15, 0.2) is 0 Å². The van der Waals surface area contributed by atoms with Crippen LogP contribution in [0.3, 0.4) is 0 Å². The van der Waals surface area contributed by atoms with Gasteiger partial charge in [0.1, 0.15) is 0 Å². The minimum absolute atomic E-state index is 0.250. The lowest BCUT2D eigenvalue weighted by Gasteiger charge is -2.32. The predicted molar refractivity (Wildman–Crippen MR) is 80.9 cm³/mol. The van der Waals surface area contributed by atoms with Gasteiger partial charge in [0.25, 0.3) is 0 Å². The Morgan fingerprint density at radius 3 is 2.39 bits per heavy atom. The minimum atomic E-state index is 0.250. The van der Waals surface area contributed by atoms with Crippen LogP contribution in [0.25, 0.3) is 0 Å². The quantitative estimate of drug-likeness (QED) is 0.766. The average molecular weight is 247 g/mol. The Morgan fingerprint density at radius 2 is 1.83 bits per heavy atom. The van der Waals surface area contributed by atoms with Gasteiger partial charge < -0.3 is 5.32 Å². The molecule has 0 heterocycles. The van der Waals surface area contributed by atoms with Crippen LogP contribution in [0.1, 0.15) is 64.6 Å². The van der Waals surface area contributed by atoms with Gasteiger partial charge >= 0.3 is 0 Å². The highest BCUT2D eigenvalue weighted by molar-refractivity contribution is 5.27. The van der Waals surface area contributed by atoms with Gasteiger partial charge in [-0.2, -0.15) is 0 Å². The van der Waals surface area contributed by atoms with E-state index in [1.165, 1.54) is 30.4 Å². The summed E-state index contributed by atoms with van der Waals surface area (Å²) in [5, 5.41) is 3.69. The molecule has 0 amide bonds. The summed E-state index contributed by atoms with van der Waals surface area (Å²) < 4.78 is 0. The van der Waals surface area contributed by atoms with Crippen molar-refractivity contribution < 1.29 is 0 Å². The summed E-state index contributed by atoms with van der Waals surface area (Å²) in [4.78, 5) is 0. The highest BCUT2D eigenvalue weighted by atomic mass is 14.9. The van der Waals surface area contributed by atoms with E-state index in [1.807, 2.05) is 0 Å². The average Bonchev–Trinajstić information content (AvgIpc) is 2.29. The number of rotatable bonds is 6. The fraction of sp³-hybridized carbons (Fsp3) is 0.647. The maximum absolute atomic E-state index is 3.69. The topological polar surface area (TPSA) is 12.0 Å². The van der Waals surface area contributed by atoms with Crippen molar-refractivity contribution in [1.29, 1.82) is 0 Å². The van der Waals surface area contributed by atoms with Gasteiger partial charge in [-0.05, 0) is 35.9 Å². The molecule has 0 aliphatic heterocycles. The molecule has 0 bridgehead atoms. The molecular formula is C17H29N. The zero-order valence-corrected chi connectivity index (χ0v) is 12.7. The second-order valence-electron chi connectivity index (χ2n) is 6.25. The number of hydrogen-bond acceptors (Lipinski definition) is 1. The molecular weight excluding hydrogens is 218 g/mol. The Balaban J connectivity index is 2.93. The Kier molecular flexibility index (Phi) is 5.87. The largest absolute Gasteiger partial charge is 0.309 e. The van der Waals surface area contributed by atoms with Crippen LogP contribution in [0.2, 0.25) is 0 Å². The first-order chi connectivity index (χ1) is 8.49. The molecule has 1 nitrogen and oxygen atoms in total. The summed E-state index contributed by atoms with van der Waals surface area (Å²) in [6.07, 6.45) is 3.58. The molecule has 0 aliphatic rings. The van der Waals surface area contributed by atoms with Crippen LogP contribution in [0, 0.1) is 5.41 Å². The van der Waals surface area contributed by atoms with Crippen LogP contribution in [-0.2, 0) is 6.42 Å². The monoisotopic (exact) mass is 247 g/mol. The van der Waals surface area contributed by atoms with Gasteiger partial charge in [0.05, 0.1) is 0 Å². The molecule has 0 saturated carbocycles. The second kappa shape index (κ2) is 6.94. The van der Waals surface area contributed by atoms with Crippen molar-refractivity contribution >= 4 is 0 Å². The van der Waals surface area contributed by atoms with Gasteiger partial charge in [-0.25, -0.2) is 0 Å². The maximum atomic E-state index is 3.69. The molecule has 0 fully saturated rings. The molecule has 1 heteroatoms. The van der Waals surface area contributed by atoms with Gasteiger partial charge in [0.2, 0.25) is 0 Å². The molecule has 1 N–H and O–H groups in total. The lowest BCUT2D eigenvalue weighted by Crippen LogP contribution is -2.32. The summed E-state index contributed by atoms with van der Waals surface area (Å²) >= 11 is 0. The number of aryl methyl sites for hydroxylation is 1. The van der Waals surface area contributed by atoms with E-state index in [0.29, 0.717) is 6.04 Å². The van der Waals surface area contributed by atoms with Crippen LogP contribution in [0.5, 0.6) is 0 Å². The molecule has 1 unspecified atom stereocenters. The molecule has 1 aromatic carbocycles. The fourth-order valence-corrected chi connectivity index (χ4v) is 2.43. The Labute approximate surface area is 113 Å². The van der Waals surface area contributed by atoms with Crippen molar-refractivity contribution in [1.82, 2.24) is 5.32 Å². The van der Waals surface area contributed by atoms with Crippen LogP contribution < -0.4 is 5.32 Å². The van der Waals surface area contributed by atoms with Gasteiger partial charge in [0, 0.05) is 6.04 Å². The Hall–Kier alpha value is -0.820. The number of benzene rings is 1. The predicted octanol–water partition coefficient (Wildman–Crippen LogP) is 4.73. The van der Waals surface area contributed by atoms with Crippen molar-refractivity contribution in [3.8, 4) is 0 Å². The Bertz CT molecular complexity index is 349. The SMILES string of the molecule is CCCNC(c1cccc(CCC)c1)C(C)(C)C. The lowest BCUT2D eigenvalue weighted by atomic mass is 9.81. The van der Waals surface area contributed by atoms with Crippen LogP contribution in [0.15, 0.2) is 24.3 Å². The summed E-state index contributed by atoms with van der Waals surface area (Å²) in [7, 11) is 0. The van der Waals surface area contributed by atoms with Gasteiger partial charge in [-0.1, -0.05) is 65.3 Å². The van der Waals surface area contributed by atoms with Crippen molar-refractivity contribution in [2.75, 3.05) is 6.54 Å². The van der Waals surface area contributed by atoms with Crippen LogP contribution >= 0.6 is 0 Å². The summed E-state index contributed by atoms with van der Waals surface area (Å²) in [6, 6.07) is 9.52. The molecule has 0 radical (unpaired) electrons. The lowest BCUT2D eigenvalue weighted by molar-refractivity contribution is 0.273. The fourth-order valence-electron chi connectivity index (χ4n) is 2.43. The van der Waals surface area contributed by atoms with Crippen molar-refractivity contribution in [3.63, 3.8) is 0 Å². The van der Waals surface area contributed by atoms with Gasteiger partial charge in [-0.3, -0.25) is 0 Å². The molecule has 0 aromatic heterocycles. The highest BCUT2D eigenvalue weighted by Gasteiger charge is 2.25. The third-order valence-electron chi connectivity index (χ3n) is 3.29. The van der Waals surface area contributed by atoms with E-state index in [-0.39, 0.29) is 5.41 Å². The first-order valence-electron chi connectivity index (χ1n) is 7.31. The van der Waals surface area contributed by atoms with E-state index in [1.54, 1.807) is 0 Å². The summed E-state index contributed by atoms with van der Waals surface area (Å²) in [5.74, 6) is 0. The highest BCUT2D eigenvalue weighted by Crippen LogP contribution is 2.33. The molecule has 0 aliphatic carbocycles. The molecule has 1 rings (SSSR count).